The molecule has 1 aliphatic carbocycles. The number of hydrogen-bond donors (Lipinski definition) is 2. The third-order valence-electron chi connectivity index (χ3n) is 4.36. The third-order valence-corrected chi connectivity index (χ3v) is 4.36. The molecule has 2 rings (SSSR count). The van der Waals surface area contributed by atoms with Gasteiger partial charge < -0.3 is 15.7 Å². The molecule has 0 aromatic rings. The number of likely N-dealkylation sites (tertiary alicyclic amines) is 1. The highest BCUT2D eigenvalue weighted by Crippen LogP contribution is 2.48. The quantitative estimate of drug-likeness (QED) is 0.331. The highest BCUT2D eigenvalue weighted by Gasteiger charge is 2.47. The van der Waals surface area contributed by atoms with Crippen molar-refractivity contribution in [3.8, 4) is 0 Å². The molecular formula is C12H23N3O2. The average Bonchev–Trinajstić information content (AvgIpc) is 2.89. The van der Waals surface area contributed by atoms with Crippen LogP contribution in [0.15, 0.2) is 5.16 Å². The first-order valence-electron chi connectivity index (χ1n) is 6.38. The maximum Gasteiger partial charge on any atom is 0.153 e. The molecule has 0 unspecified atom stereocenters. The van der Waals surface area contributed by atoms with Crippen LogP contribution in [0.25, 0.3) is 0 Å². The predicted octanol–water partition coefficient (Wildman–Crippen LogP) is 0.871. The molecule has 5 nitrogen and oxygen atoms in total. The Balaban J connectivity index is 2.01. The van der Waals surface area contributed by atoms with E-state index in [9.17, 15) is 0 Å². The zero-order valence-corrected chi connectivity index (χ0v) is 10.6. The van der Waals surface area contributed by atoms with Gasteiger partial charge in [-0.2, -0.15) is 0 Å². The summed E-state index contributed by atoms with van der Waals surface area (Å²) in [7, 11) is 1.77. The smallest absolute Gasteiger partial charge is 0.153 e. The topological polar surface area (TPSA) is 71.1 Å². The Morgan fingerprint density at radius 2 is 2.24 bits per heavy atom. The van der Waals surface area contributed by atoms with Crippen LogP contribution in [0.4, 0.5) is 0 Å². The van der Waals surface area contributed by atoms with Crippen LogP contribution in [0.3, 0.4) is 0 Å². The van der Waals surface area contributed by atoms with Crippen molar-refractivity contribution in [1.82, 2.24) is 4.90 Å². The molecule has 1 spiro atoms. The first-order chi connectivity index (χ1) is 8.20. The number of nitrogens with two attached hydrogens (primary N) is 1. The number of oxime groups is 1. The molecule has 0 amide bonds. The van der Waals surface area contributed by atoms with Crippen LogP contribution in [0.5, 0.6) is 0 Å². The zero-order valence-electron chi connectivity index (χ0n) is 10.6. The van der Waals surface area contributed by atoms with Gasteiger partial charge in [-0.05, 0) is 18.3 Å². The minimum Gasteiger partial charge on any atom is -0.409 e. The number of ether oxygens (including phenoxy) is 1. The number of methoxy groups -OCH3 is 1. The van der Waals surface area contributed by atoms with E-state index in [1.807, 2.05) is 0 Å². The fourth-order valence-corrected chi connectivity index (χ4v) is 3.60. The minimum absolute atomic E-state index is 0.302. The lowest BCUT2D eigenvalue weighted by Crippen LogP contribution is -2.33. The Kier molecular flexibility index (Phi) is 3.89. The summed E-state index contributed by atoms with van der Waals surface area (Å²) in [5, 5.41) is 11.7. The molecule has 3 N–H and O–H groups in total. The van der Waals surface area contributed by atoms with Crippen molar-refractivity contribution in [3.63, 3.8) is 0 Å². The van der Waals surface area contributed by atoms with Gasteiger partial charge in [0.15, 0.2) is 5.84 Å². The van der Waals surface area contributed by atoms with Gasteiger partial charge in [-0.1, -0.05) is 18.0 Å². The number of rotatable bonds is 4. The van der Waals surface area contributed by atoms with E-state index in [1.54, 1.807) is 7.11 Å². The molecule has 1 heterocycles. The third kappa shape index (κ3) is 2.55. The van der Waals surface area contributed by atoms with Crippen molar-refractivity contribution < 1.29 is 9.94 Å². The highest BCUT2D eigenvalue weighted by molar-refractivity contribution is 5.81. The van der Waals surface area contributed by atoms with Crippen molar-refractivity contribution in [2.45, 2.75) is 25.7 Å². The first-order valence-corrected chi connectivity index (χ1v) is 6.38. The first kappa shape index (κ1) is 12.6. The van der Waals surface area contributed by atoms with Crippen molar-refractivity contribution in [1.29, 1.82) is 0 Å². The Bertz CT molecular complexity index is 287. The Morgan fingerprint density at radius 1 is 1.53 bits per heavy atom. The fourth-order valence-electron chi connectivity index (χ4n) is 3.60. The molecule has 98 valence electrons. The molecule has 1 saturated heterocycles. The largest absolute Gasteiger partial charge is 0.409 e. The maximum absolute atomic E-state index is 8.63. The van der Waals surface area contributed by atoms with Crippen molar-refractivity contribution in [3.05, 3.63) is 0 Å². The Hall–Kier alpha value is -0.810. The van der Waals surface area contributed by atoms with E-state index < -0.39 is 0 Å². The molecular weight excluding hydrogens is 218 g/mol. The van der Waals surface area contributed by atoms with Gasteiger partial charge in [-0.15, -0.1) is 0 Å². The maximum atomic E-state index is 8.63. The lowest BCUT2D eigenvalue weighted by atomic mass is 9.77. The van der Waals surface area contributed by atoms with Gasteiger partial charge in [0.25, 0.3) is 0 Å². The molecule has 0 bridgehead atoms. The lowest BCUT2D eigenvalue weighted by Gasteiger charge is -2.29. The molecule has 0 radical (unpaired) electrons. The summed E-state index contributed by atoms with van der Waals surface area (Å²) in [6, 6.07) is 0. The van der Waals surface area contributed by atoms with Crippen LogP contribution in [0, 0.1) is 11.3 Å². The van der Waals surface area contributed by atoms with E-state index in [-0.39, 0.29) is 0 Å². The summed E-state index contributed by atoms with van der Waals surface area (Å²) in [5.74, 6) is 0.901. The molecule has 2 fully saturated rings. The van der Waals surface area contributed by atoms with Crippen molar-refractivity contribution in [2.75, 3.05) is 33.4 Å². The van der Waals surface area contributed by atoms with E-state index >= 15 is 0 Å². The fraction of sp³-hybridized carbons (Fsp3) is 0.917. The summed E-state index contributed by atoms with van der Waals surface area (Å²) in [5.41, 5.74) is 6.01. The van der Waals surface area contributed by atoms with Gasteiger partial charge in [-0.3, -0.25) is 4.90 Å². The van der Waals surface area contributed by atoms with Gasteiger partial charge in [0, 0.05) is 26.1 Å². The van der Waals surface area contributed by atoms with Crippen LogP contribution in [-0.4, -0.2) is 49.3 Å². The monoisotopic (exact) mass is 241 g/mol. The van der Waals surface area contributed by atoms with Crippen molar-refractivity contribution in [2.24, 2.45) is 22.2 Å². The van der Waals surface area contributed by atoms with Gasteiger partial charge in [0.05, 0.1) is 13.2 Å². The SMILES string of the molecule is COC[C@@H]1CN(CC(N)=NO)CC12CCCC2. The second kappa shape index (κ2) is 5.23. The Morgan fingerprint density at radius 3 is 2.82 bits per heavy atom. The zero-order chi connectivity index (χ0) is 12.3. The van der Waals surface area contributed by atoms with Crippen LogP contribution in [-0.2, 0) is 4.74 Å². The van der Waals surface area contributed by atoms with E-state index in [0.29, 0.717) is 23.7 Å². The normalized spacial score (nSPS) is 29.2. The van der Waals surface area contributed by atoms with E-state index in [1.165, 1.54) is 25.7 Å². The molecule has 1 aliphatic heterocycles. The predicted molar refractivity (Wildman–Crippen MR) is 66.1 cm³/mol. The molecule has 1 saturated carbocycles. The van der Waals surface area contributed by atoms with Gasteiger partial charge >= 0.3 is 0 Å². The van der Waals surface area contributed by atoms with Crippen LogP contribution in [0.2, 0.25) is 0 Å². The summed E-state index contributed by atoms with van der Waals surface area (Å²) < 4.78 is 5.35. The van der Waals surface area contributed by atoms with E-state index in [2.05, 4.69) is 10.1 Å². The minimum atomic E-state index is 0.302. The van der Waals surface area contributed by atoms with Gasteiger partial charge in [0.2, 0.25) is 0 Å². The van der Waals surface area contributed by atoms with Crippen LogP contribution < -0.4 is 5.73 Å². The Labute approximate surface area is 103 Å². The molecule has 1 atom stereocenters. The van der Waals surface area contributed by atoms with Crippen LogP contribution >= 0.6 is 0 Å². The van der Waals surface area contributed by atoms with Crippen LogP contribution in [0.1, 0.15) is 25.7 Å². The second-order valence-corrected chi connectivity index (χ2v) is 5.48. The number of amidine groups is 1. The summed E-state index contributed by atoms with van der Waals surface area (Å²) in [6.07, 6.45) is 5.26. The average molecular weight is 241 g/mol. The van der Waals surface area contributed by atoms with Gasteiger partial charge in [0.1, 0.15) is 0 Å². The summed E-state index contributed by atoms with van der Waals surface area (Å²) in [4.78, 5) is 2.30. The number of hydrogen-bond acceptors (Lipinski definition) is 4. The van der Waals surface area contributed by atoms with Gasteiger partial charge in [-0.25, -0.2) is 0 Å². The van der Waals surface area contributed by atoms with Crippen molar-refractivity contribution >= 4 is 5.84 Å². The molecule has 0 aromatic heterocycles. The summed E-state index contributed by atoms with van der Waals surface area (Å²) >= 11 is 0. The molecule has 5 heteroatoms. The lowest BCUT2D eigenvalue weighted by molar-refractivity contribution is 0.0968. The second-order valence-electron chi connectivity index (χ2n) is 5.48. The number of nitrogens with zero attached hydrogens (tertiary/aromatic N) is 2. The molecule has 2 aliphatic rings. The molecule has 17 heavy (non-hydrogen) atoms. The van der Waals surface area contributed by atoms with E-state index in [0.717, 1.165) is 19.7 Å². The standard InChI is InChI=1S/C12H23N3O2/c1-17-8-10-6-15(7-11(13)14-16)9-12(10)4-2-3-5-12/h10,16H,2-9H2,1H3,(H2,13,14)/t10-/m0/s1. The summed E-state index contributed by atoms with van der Waals surface area (Å²) in [6.45, 7) is 3.46. The molecule has 0 aromatic carbocycles. The van der Waals surface area contributed by atoms with E-state index in [4.69, 9.17) is 15.7 Å². The highest BCUT2D eigenvalue weighted by atomic mass is 16.5.